The molecule has 0 N–H and O–H groups in total. The zero-order chi connectivity index (χ0) is 7.94. The highest BCUT2D eigenvalue weighted by atomic mass is 79.9. The Hall–Kier alpha value is -0.300. The van der Waals surface area contributed by atoms with Crippen molar-refractivity contribution in [2.45, 2.75) is 12.8 Å². The molecule has 0 aliphatic carbocycles. The van der Waals surface area contributed by atoms with E-state index in [1.54, 1.807) is 0 Å². The Balaban J connectivity index is 2.28. The van der Waals surface area contributed by atoms with Crippen molar-refractivity contribution in [3.63, 3.8) is 0 Å². The molecule has 0 saturated heterocycles. The average Bonchev–Trinajstić information content (AvgIpc) is 2.07. The van der Waals surface area contributed by atoms with Gasteiger partial charge in [0.15, 0.2) is 0 Å². The van der Waals surface area contributed by atoms with Crippen LogP contribution >= 0.6 is 15.9 Å². The Morgan fingerprint density at radius 2 is 1.91 bits per heavy atom. The van der Waals surface area contributed by atoms with Crippen LogP contribution in [0.25, 0.3) is 0 Å². The lowest BCUT2D eigenvalue weighted by atomic mass is 10.1. The van der Waals surface area contributed by atoms with Crippen LogP contribution in [0, 0.1) is 6.42 Å². The summed E-state index contributed by atoms with van der Waals surface area (Å²) in [7, 11) is 0. The van der Waals surface area contributed by atoms with Crippen molar-refractivity contribution in [3.05, 3.63) is 42.3 Å². The number of alkyl halides is 1. The number of hydrogen-bond acceptors (Lipinski definition) is 0. The predicted molar refractivity (Wildman–Crippen MR) is 52.9 cm³/mol. The first kappa shape index (κ1) is 8.79. The topological polar surface area (TPSA) is 0 Å². The third kappa shape index (κ3) is 3.57. The summed E-state index contributed by atoms with van der Waals surface area (Å²) in [5.74, 6) is 0. The summed E-state index contributed by atoms with van der Waals surface area (Å²) < 4.78 is 0. The first-order chi connectivity index (χ1) is 5.43. The van der Waals surface area contributed by atoms with E-state index < -0.39 is 0 Å². The van der Waals surface area contributed by atoms with Crippen LogP contribution in [0.4, 0.5) is 0 Å². The van der Waals surface area contributed by atoms with Crippen LogP contribution < -0.4 is 0 Å². The molecule has 0 unspecified atom stereocenters. The lowest BCUT2D eigenvalue weighted by Gasteiger charge is -1.97. The number of unbranched alkanes of at least 4 members (excludes halogenated alkanes) is 1. The summed E-state index contributed by atoms with van der Waals surface area (Å²) in [5, 5.41) is 1.07. The molecule has 0 amide bonds. The monoisotopic (exact) mass is 211 g/mol. The van der Waals surface area contributed by atoms with Gasteiger partial charge in [-0.25, -0.2) is 0 Å². The van der Waals surface area contributed by atoms with E-state index in [9.17, 15) is 0 Å². The van der Waals surface area contributed by atoms with Crippen LogP contribution in [0.1, 0.15) is 12.0 Å². The first-order valence-corrected chi connectivity index (χ1v) is 4.97. The van der Waals surface area contributed by atoms with Crippen molar-refractivity contribution in [2.75, 3.05) is 5.33 Å². The molecule has 0 saturated carbocycles. The van der Waals surface area contributed by atoms with Crippen molar-refractivity contribution in [3.8, 4) is 0 Å². The fourth-order valence-electron chi connectivity index (χ4n) is 0.960. The molecule has 0 atom stereocenters. The summed E-state index contributed by atoms with van der Waals surface area (Å²) in [6, 6.07) is 10.5. The van der Waals surface area contributed by atoms with E-state index in [2.05, 4.69) is 46.6 Å². The number of halogens is 1. The normalized spacial score (nSPS) is 9.91. The highest BCUT2D eigenvalue weighted by Gasteiger charge is 1.90. The summed E-state index contributed by atoms with van der Waals surface area (Å²) >= 11 is 3.39. The molecule has 1 radical (unpaired) electrons. The number of hydrogen-bond donors (Lipinski definition) is 0. The SMILES string of the molecule is BrCC[CH]Cc1ccccc1. The van der Waals surface area contributed by atoms with Crippen LogP contribution in [-0.2, 0) is 6.42 Å². The highest BCUT2D eigenvalue weighted by Crippen LogP contribution is 2.04. The minimum Gasteiger partial charge on any atom is -0.0928 e. The van der Waals surface area contributed by atoms with Gasteiger partial charge in [0, 0.05) is 5.33 Å². The molecule has 1 heteroatoms. The van der Waals surface area contributed by atoms with Gasteiger partial charge >= 0.3 is 0 Å². The predicted octanol–water partition coefficient (Wildman–Crippen LogP) is 3.22. The van der Waals surface area contributed by atoms with Crippen LogP contribution in [0.5, 0.6) is 0 Å². The average molecular weight is 212 g/mol. The Kier molecular flexibility index (Phi) is 4.29. The molecule has 0 aromatic heterocycles. The zero-order valence-corrected chi connectivity index (χ0v) is 8.05. The van der Waals surface area contributed by atoms with Crippen LogP contribution in [0.3, 0.4) is 0 Å². The molecule has 0 aliphatic heterocycles. The van der Waals surface area contributed by atoms with Gasteiger partial charge in [0.05, 0.1) is 0 Å². The first-order valence-electron chi connectivity index (χ1n) is 3.85. The second-order valence-corrected chi connectivity index (χ2v) is 3.25. The van der Waals surface area contributed by atoms with Gasteiger partial charge in [0.2, 0.25) is 0 Å². The third-order valence-corrected chi connectivity index (χ3v) is 1.99. The van der Waals surface area contributed by atoms with Gasteiger partial charge in [-0.1, -0.05) is 46.3 Å². The molecule has 0 spiro atoms. The van der Waals surface area contributed by atoms with E-state index in [1.807, 2.05) is 6.07 Å². The van der Waals surface area contributed by atoms with Crippen LogP contribution in [0.2, 0.25) is 0 Å². The van der Waals surface area contributed by atoms with Gasteiger partial charge in [-0.05, 0) is 24.8 Å². The molecular formula is C10H12Br. The van der Waals surface area contributed by atoms with Gasteiger partial charge in [0.1, 0.15) is 0 Å². The van der Waals surface area contributed by atoms with E-state index >= 15 is 0 Å². The summed E-state index contributed by atoms with van der Waals surface area (Å²) in [6.07, 6.45) is 4.53. The molecule has 0 fully saturated rings. The van der Waals surface area contributed by atoms with Gasteiger partial charge in [0.25, 0.3) is 0 Å². The number of benzene rings is 1. The van der Waals surface area contributed by atoms with E-state index in [4.69, 9.17) is 0 Å². The van der Waals surface area contributed by atoms with Gasteiger partial charge in [-0.3, -0.25) is 0 Å². The largest absolute Gasteiger partial charge is 0.0928 e. The number of rotatable bonds is 4. The molecular weight excluding hydrogens is 200 g/mol. The smallest absolute Gasteiger partial charge is 0.00341 e. The zero-order valence-electron chi connectivity index (χ0n) is 6.46. The lowest BCUT2D eigenvalue weighted by molar-refractivity contribution is 1.01. The van der Waals surface area contributed by atoms with Gasteiger partial charge < -0.3 is 0 Å². The summed E-state index contributed by atoms with van der Waals surface area (Å²) in [5.41, 5.74) is 1.40. The third-order valence-electron chi connectivity index (χ3n) is 1.54. The second-order valence-electron chi connectivity index (χ2n) is 2.46. The molecule has 1 aromatic carbocycles. The van der Waals surface area contributed by atoms with Gasteiger partial charge in [-0.15, -0.1) is 0 Å². The summed E-state index contributed by atoms with van der Waals surface area (Å²) in [6.45, 7) is 0. The van der Waals surface area contributed by atoms with Crippen molar-refractivity contribution < 1.29 is 0 Å². The van der Waals surface area contributed by atoms with E-state index in [0.29, 0.717) is 0 Å². The molecule has 1 aromatic rings. The maximum absolute atomic E-state index is 3.39. The van der Waals surface area contributed by atoms with E-state index in [-0.39, 0.29) is 0 Å². The maximum atomic E-state index is 3.39. The molecule has 11 heavy (non-hydrogen) atoms. The highest BCUT2D eigenvalue weighted by molar-refractivity contribution is 9.09. The van der Waals surface area contributed by atoms with Crippen molar-refractivity contribution in [2.24, 2.45) is 0 Å². The molecule has 59 valence electrons. The Morgan fingerprint density at radius 1 is 1.18 bits per heavy atom. The van der Waals surface area contributed by atoms with Gasteiger partial charge in [-0.2, -0.15) is 0 Å². The molecule has 0 aliphatic rings. The Bertz CT molecular complexity index is 181. The molecule has 0 nitrogen and oxygen atoms in total. The van der Waals surface area contributed by atoms with Crippen molar-refractivity contribution in [1.82, 2.24) is 0 Å². The Labute approximate surface area is 76.8 Å². The molecule has 1 rings (SSSR count). The Morgan fingerprint density at radius 3 is 2.55 bits per heavy atom. The minimum absolute atomic E-state index is 1.07. The van der Waals surface area contributed by atoms with E-state index in [0.717, 1.165) is 18.2 Å². The summed E-state index contributed by atoms with van der Waals surface area (Å²) in [4.78, 5) is 0. The fourth-order valence-corrected chi connectivity index (χ4v) is 1.28. The van der Waals surface area contributed by atoms with Crippen LogP contribution in [-0.4, -0.2) is 5.33 Å². The quantitative estimate of drug-likeness (QED) is 0.531. The minimum atomic E-state index is 1.07. The van der Waals surface area contributed by atoms with Crippen LogP contribution in [0.15, 0.2) is 30.3 Å². The standard InChI is InChI=1S/C10H12Br/c11-9-5-4-8-10-6-2-1-3-7-10/h1-4,6-7H,5,8-9H2. The second kappa shape index (κ2) is 5.36. The van der Waals surface area contributed by atoms with Crippen molar-refractivity contribution >= 4 is 15.9 Å². The van der Waals surface area contributed by atoms with Crippen molar-refractivity contribution in [1.29, 1.82) is 0 Å². The van der Waals surface area contributed by atoms with E-state index in [1.165, 1.54) is 5.56 Å². The lowest BCUT2D eigenvalue weighted by Crippen LogP contribution is -1.85. The maximum Gasteiger partial charge on any atom is 0.00341 e. The fraction of sp³-hybridized carbons (Fsp3) is 0.300. The molecule has 0 heterocycles. The molecule has 0 bridgehead atoms.